The van der Waals surface area contributed by atoms with E-state index >= 15 is 0 Å². The Hall–Kier alpha value is -1.38. The number of aliphatic hydroxyl groups is 1. The third-order valence-corrected chi connectivity index (χ3v) is 2.45. The average Bonchev–Trinajstić information content (AvgIpc) is 2.17. The number of halogens is 1. The number of nitrogens with zero attached hydrogens (tertiary/aromatic N) is 1. The first-order valence-electron chi connectivity index (χ1n) is 3.66. The maximum absolute atomic E-state index is 10.7. The topological polar surface area (TPSA) is 81.3 Å². The molecule has 4 nitrogen and oxygen atoms in total. The van der Waals surface area contributed by atoms with E-state index < -0.39 is 5.97 Å². The van der Waals surface area contributed by atoms with Gasteiger partial charge in [-0.25, -0.2) is 4.79 Å². The van der Waals surface area contributed by atoms with E-state index in [0.29, 0.717) is 10.0 Å². The van der Waals surface area contributed by atoms with Crippen LogP contribution in [0.5, 0.6) is 0 Å². The van der Waals surface area contributed by atoms with Crippen molar-refractivity contribution in [3.05, 3.63) is 33.3 Å². The van der Waals surface area contributed by atoms with Gasteiger partial charge in [-0.1, -0.05) is 15.9 Å². The van der Waals surface area contributed by atoms with Gasteiger partial charge >= 0.3 is 5.97 Å². The Balaban J connectivity index is 3.41. The first kappa shape index (κ1) is 10.7. The molecule has 0 bridgehead atoms. The lowest BCUT2D eigenvalue weighted by Crippen LogP contribution is -2.02. The molecule has 14 heavy (non-hydrogen) atoms. The SMILES string of the molecule is N#Cc1cc(CO)c(Br)cc1C(=O)O. The molecule has 2 N–H and O–H groups in total. The molecule has 5 heteroatoms. The van der Waals surface area contributed by atoms with E-state index in [4.69, 9.17) is 15.5 Å². The van der Waals surface area contributed by atoms with Crippen molar-refractivity contribution in [3.63, 3.8) is 0 Å². The maximum atomic E-state index is 10.7. The van der Waals surface area contributed by atoms with Crippen LogP contribution < -0.4 is 0 Å². The van der Waals surface area contributed by atoms with Crippen molar-refractivity contribution in [1.82, 2.24) is 0 Å². The summed E-state index contributed by atoms with van der Waals surface area (Å²) in [7, 11) is 0. The van der Waals surface area contributed by atoms with Gasteiger partial charge in [-0.15, -0.1) is 0 Å². The molecule has 72 valence electrons. The number of aliphatic hydroxyl groups excluding tert-OH is 1. The third-order valence-electron chi connectivity index (χ3n) is 1.71. The minimum absolute atomic E-state index is 0.0461. The highest BCUT2D eigenvalue weighted by molar-refractivity contribution is 9.10. The molecule has 0 spiro atoms. The lowest BCUT2D eigenvalue weighted by atomic mass is 10.1. The average molecular weight is 256 g/mol. The number of hydrogen-bond donors (Lipinski definition) is 2. The number of nitriles is 1. The molecule has 0 saturated carbocycles. The normalized spacial score (nSPS) is 9.50. The van der Waals surface area contributed by atoms with Gasteiger partial charge in [-0.05, 0) is 17.7 Å². The molecule has 0 radical (unpaired) electrons. The summed E-state index contributed by atoms with van der Waals surface area (Å²) in [5.74, 6) is -1.16. The highest BCUT2D eigenvalue weighted by Crippen LogP contribution is 2.22. The van der Waals surface area contributed by atoms with E-state index in [1.807, 2.05) is 0 Å². The van der Waals surface area contributed by atoms with E-state index in [1.54, 1.807) is 6.07 Å². The molecular weight excluding hydrogens is 250 g/mol. The van der Waals surface area contributed by atoms with Crippen molar-refractivity contribution >= 4 is 21.9 Å². The van der Waals surface area contributed by atoms with E-state index in [-0.39, 0.29) is 17.7 Å². The molecular formula is C9H6BrNO3. The molecule has 0 aliphatic rings. The highest BCUT2D eigenvalue weighted by Gasteiger charge is 2.12. The largest absolute Gasteiger partial charge is 0.478 e. The third kappa shape index (κ3) is 1.92. The van der Waals surface area contributed by atoms with Crippen molar-refractivity contribution in [2.24, 2.45) is 0 Å². The smallest absolute Gasteiger partial charge is 0.337 e. The van der Waals surface area contributed by atoms with Gasteiger partial charge in [0.2, 0.25) is 0 Å². The Morgan fingerprint density at radius 3 is 2.64 bits per heavy atom. The molecule has 0 heterocycles. The Morgan fingerprint density at radius 2 is 2.21 bits per heavy atom. The van der Waals surface area contributed by atoms with Gasteiger partial charge in [0.1, 0.15) is 6.07 Å². The molecule has 0 aromatic heterocycles. The molecule has 1 rings (SSSR count). The summed E-state index contributed by atoms with van der Waals surface area (Å²) >= 11 is 3.11. The predicted molar refractivity (Wildman–Crippen MR) is 51.7 cm³/mol. The molecule has 0 aliphatic carbocycles. The fourth-order valence-electron chi connectivity index (χ4n) is 1.01. The van der Waals surface area contributed by atoms with Crippen LogP contribution in [0.3, 0.4) is 0 Å². The highest BCUT2D eigenvalue weighted by atomic mass is 79.9. The predicted octanol–water partition coefficient (Wildman–Crippen LogP) is 1.51. The molecule has 0 saturated heterocycles. The number of rotatable bonds is 2. The van der Waals surface area contributed by atoms with Gasteiger partial charge in [0.25, 0.3) is 0 Å². The summed E-state index contributed by atoms with van der Waals surface area (Å²) in [5.41, 5.74) is 0.466. The molecule has 0 aliphatic heterocycles. The zero-order valence-corrected chi connectivity index (χ0v) is 8.58. The van der Waals surface area contributed by atoms with E-state index in [2.05, 4.69) is 15.9 Å². The first-order chi connectivity index (χ1) is 6.60. The summed E-state index contributed by atoms with van der Waals surface area (Å²) in [6, 6.07) is 4.43. The second kappa shape index (κ2) is 4.22. The number of hydrogen-bond acceptors (Lipinski definition) is 3. The lowest BCUT2D eigenvalue weighted by Gasteiger charge is -2.04. The zero-order chi connectivity index (χ0) is 10.7. The van der Waals surface area contributed by atoms with Crippen LogP contribution in [-0.4, -0.2) is 16.2 Å². The number of carbonyl (C=O) groups is 1. The summed E-state index contributed by atoms with van der Waals surface area (Å²) in [4.78, 5) is 10.7. The van der Waals surface area contributed by atoms with Crippen molar-refractivity contribution < 1.29 is 15.0 Å². The van der Waals surface area contributed by atoms with Crippen molar-refractivity contribution in [2.75, 3.05) is 0 Å². The van der Waals surface area contributed by atoms with Gasteiger partial charge in [0.15, 0.2) is 0 Å². The number of carboxylic acid groups (broad SMARTS) is 1. The van der Waals surface area contributed by atoms with Crippen molar-refractivity contribution in [2.45, 2.75) is 6.61 Å². The summed E-state index contributed by atoms with van der Waals surface area (Å²) in [6.07, 6.45) is 0. The minimum atomic E-state index is -1.16. The fourth-order valence-corrected chi connectivity index (χ4v) is 1.48. The monoisotopic (exact) mass is 255 g/mol. The van der Waals surface area contributed by atoms with Crippen molar-refractivity contribution in [1.29, 1.82) is 5.26 Å². The Morgan fingerprint density at radius 1 is 1.57 bits per heavy atom. The second-order valence-electron chi connectivity index (χ2n) is 2.56. The Bertz CT molecular complexity index is 423. The molecule has 0 amide bonds. The van der Waals surface area contributed by atoms with Crippen LogP contribution in [0.15, 0.2) is 16.6 Å². The number of benzene rings is 1. The van der Waals surface area contributed by atoms with E-state index in [1.165, 1.54) is 12.1 Å². The number of carboxylic acids is 1. The van der Waals surface area contributed by atoms with Gasteiger partial charge in [-0.3, -0.25) is 0 Å². The molecule has 1 aromatic carbocycles. The van der Waals surface area contributed by atoms with Gasteiger partial charge < -0.3 is 10.2 Å². The first-order valence-corrected chi connectivity index (χ1v) is 4.46. The van der Waals surface area contributed by atoms with E-state index in [0.717, 1.165) is 0 Å². The van der Waals surface area contributed by atoms with Crippen LogP contribution in [0, 0.1) is 11.3 Å². The standard InChI is InChI=1S/C9H6BrNO3/c10-8-2-7(9(13)14)5(3-11)1-6(8)4-12/h1-2,12H,4H2,(H,13,14). The van der Waals surface area contributed by atoms with Gasteiger partial charge in [-0.2, -0.15) is 5.26 Å². The minimum Gasteiger partial charge on any atom is -0.478 e. The molecule has 0 fully saturated rings. The number of aromatic carboxylic acids is 1. The van der Waals surface area contributed by atoms with Crippen molar-refractivity contribution in [3.8, 4) is 6.07 Å². The van der Waals surface area contributed by atoms with Gasteiger partial charge in [0.05, 0.1) is 17.7 Å². The van der Waals surface area contributed by atoms with Crippen LogP contribution in [0.4, 0.5) is 0 Å². The zero-order valence-electron chi connectivity index (χ0n) is 6.99. The quantitative estimate of drug-likeness (QED) is 0.840. The Labute approximate surface area is 88.5 Å². The second-order valence-corrected chi connectivity index (χ2v) is 3.42. The molecule has 0 atom stereocenters. The molecule has 1 aromatic rings. The maximum Gasteiger partial charge on any atom is 0.337 e. The summed E-state index contributed by atoms with van der Waals surface area (Å²) in [6.45, 7) is -0.241. The van der Waals surface area contributed by atoms with Crippen LogP contribution in [-0.2, 0) is 6.61 Å². The van der Waals surface area contributed by atoms with Crippen LogP contribution >= 0.6 is 15.9 Å². The van der Waals surface area contributed by atoms with E-state index in [9.17, 15) is 4.79 Å². The van der Waals surface area contributed by atoms with Gasteiger partial charge in [0, 0.05) is 4.47 Å². The Kier molecular flexibility index (Phi) is 3.23. The fraction of sp³-hybridized carbons (Fsp3) is 0.111. The molecule has 0 unspecified atom stereocenters. The summed E-state index contributed by atoms with van der Waals surface area (Å²) in [5, 5.41) is 26.3. The summed E-state index contributed by atoms with van der Waals surface area (Å²) < 4.78 is 0.483. The lowest BCUT2D eigenvalue weighted by molar-refractivity contribution is 0.0696. The van der Waals surface area contributed by atoms with Crippen LogP contribution in [0.25, 0.3) is 0 Å². The van der Waals surface area contributed by atoms with Crippen LogP contribution in [0.2, 0.25) is 0 Å². The van der Waals surface area contributed by atoms with Crippen LogP contribution in [0.1, 0.15) is 21.5 Å².